The number of halogens is 2. The first-order valence-corrected chi connectivity index (χ1v) is 4.87. The first-order valence-electron chi connectivity index (χ1n) is 4.87. The molecule has 0 saturated carbocycles. The first-order chi connectivity index (χ1) is 8.52. The summed E-state index contributed by atoms with van der Waals surface area (Å²) in [4.78, 5) is 10.2. The van der Waals surface area contributed by atoms with Gasteiger partial charge in [0.1, 0.15) is 11.4 Å². The van der Waals surface area contributed by atoms with Gasteiger partial charge in [-0.05, 0) is 6.07 Å². The number of benzene rings is 1. The topological polar surface area (TPSA) is 87.0 Å². The minimum absolute atomic E-state index is 0.0468. The fourth-order valence-corrected chi connectivity index (χ4v) is 1.58. The van der Waals surface area contributed by atoms with Crippen LogP contribution in [0, 0.1) is 10.1 Å². The highest BCUT2D eigenvalue weighted by Crippen LogP contribution is 2.30. The molecule has 8 heteroatoms. The Kier molecular flexibility index (Phi) is 2.92. The van der Waals surface area contributed by atoms with Gasteiger partial charge in [0, 0.05) is 6.07 Å². The van der Waals surface area contributed by atoms with E-state index >= 15 is 0 Å². The van der Waals surface area contributed by atoms with Crippen molar-refractivity contribution in [2.45, 2.75) is 6.43 Å². The maximum absolute atomic E-state index is 12.8. The summed E-state index contributed by atoms with van der Waals surface area (Å²) in [5.41, 5.74) is 4.25. The molecule has 1 aromatic heterocycles. The van der Waals surface area contributed by atoms with Crippen molar-refractivity contribution in [2.75, 3.05) is 5.73 Å². The molecular weight excluding hydrogens is 246 g/mol. The lowest BCUT2D eigenvalue weighted by Crippen LogP contribution is -2.06. The van der Waals surface area contributed by atoms with Crippen molar-refractivity contribution in [1.82, 2.24) is 9.78 Å². The molecule has 0 atom stereocenters. The van der Waals surface area contributed by atoms with Crippen LogP contribution in [0.4, 0.5) is 20.2 Å². The number of aromatic nitrogens is 2. The zero-order valence-corrected chi connectivity index (χ0v) is 8.96. The molecule has 18 heavy (non-hydrogen) atoms. The molecule has 1 heterocycles. The lowest BCUT2D eigenvalue weighted by atomic mass is 10.2. The number of anilines is 1. The molecule has 2 aromatic rings. The number of nitro groups is 1. The maximum atomic E-state index is 12.8. The van der Waals surface area contributed by atoms with E-state index in [2.05, 4.69) is 5.10 Å². The number of hydrogen-bond acceptors (Lipinski definition) is 4. The van der Waals surface area contributed by atoms with Crippen molar-refractivity contribution in [2.24, 2.45) is 0 Å². The smallest absolute Gasteiger partial charge is 0.294 e. The molecule has 0 radical (unpaired) electrons. The number of para-hydroxylation sites is 2. The predicted molar refractivity (Wildman–Crippen MR) is 59.6 cm³/mol. The van der Waals surface area contributed by atoms with Crippen LogP contribution in [0.2, 0.25) is 0 Å². The van der Waals surface area contributed by atoms with Gasteiger partial charge in [0.25, 0.3) is 12.1 Å². The van der Waals surface area contributed by atoms with E-state index in [0.717, 1.165) is 10.9 Å². The van der Waals surface area contributed by atoms with Crippen molar-refractivity contribution < 1.29 is 13.7 Å². The van der Waals surface area contributed by atoms with Crippen LogP contribution in [0.1, 0.15) is 12.1 Å². The Hall–Kier alpha value is -2.51. The third-order valence-corrected chi connectivity index (χ3v) is 2.35. The molecule has 0 fully saturated rings. The molecule has 0 spiro atoms. The van der Waals surface area contributed by atoms with Crippen molar-refractivity contribution >= 4 is 11.4 Å². The largest absolute Gasteiger partial charge is 0.396 e. The Morgan fingerprint density at radius 1 is 1.39 bits per heavy atom. The number of hydrogen-bond donors (Lipinski definition) is 1. The Morgan fingerprint density at radius 3 is 2.67 bits per heavy atom. The second kappa shape index (κ2) is 4.40. The number of nitrogens with zero attached hydrogens (tertiary/aromatic N) is 3. The summed E-state index contributed by atoms with van der Waals surface area (Å²) in [6.07, 6.45) is -1.83. The van der Waals surface area contributed by atoms with Crippen LogP contribution in [-0.4, -0.2) is 14.7 Å². The molecule has 2 N–H and O–H groups in total. The lowest BCUT2D eigenvalue weighted by Gasteiger charge is -2.07. The molecule has 1 aromatic carbocycles. The number of alkyl halides is 2. The van der Waals surface area contributed by atoms with E-state index < -0.39 is 17.0 Å². The number of nitro benzene ring substituents is 1. The Balaban J connectivity index is 2.66. The van der Waals surface area contributed by atoms with E-state index in [1.54, 1.807) is 0 Å². The quantitative estimate of drug-likeness (QED) is 0.672. The van der Waals surface area contributed by atoms with Gasteiger partial charge in [-0.2, -0.15) is 5.10 Å². The van der Waals surface area contributed by atoms with Gasteiger partial charge in [-0.25, -0.2) is 13.5 Å². The van der Waals surface area contributed by atoms with E-state index in [-0.39, 0.29) is 17.1 Å². The summed E-state index contributed by atoms with van der Waals surface area (Å²) >= 11 is 0. The predicted octanol–water partition coefficient (Wildman–Crippen LogP) is 2.30. The van der Waals surface area contributed by atoms with Crippen LogP contribution in [0.3, 0.4) is 0 Å². The molecular formula is C10H8F2N4O2. The van der Waals surface area contributed by atoms with Crippen LogP contribution in [0.25, 0.3) is 5.69 Å². The minimum atomic E-state index is -2.87. The maximum Gasteiger partial charge on any atom is 0.294 e. The monoisotopic (exact) mass is 254 g/mol. The number of nitrogens with two attached hydrogens (primary N) is 1. The molecule has 0 aliphatic rings. The first kappa shape index (κ1) is 12.0. The zero-order valence-electron chi connectivity index (χ0n) is 8.96. The van der Waals surface area contributed by atoms with Crippen LogP contribution >= 0.6 is 0 Å². The highest BCUT2D eigenvalue weighted by atomic mass is 19.3. The standard InChI is InChI=1S/C10H8F2N4O2/c11-10(12)9-6(13)5-14-15(9)7-3-1-2-4-8(7)16(17)18/h1-5,10H,13H2. The average Bonchev–Trinajstić information content (AvgIpc) is 2.71. The van der Waals surface area contributed by atoms with Gasteiger partial charge in [0.15, 0.2) is 0 Å². The SMILES string of the molecule is Nc1cnn(-c2ccccc2[N+](=O)[O-])c1C(F)F. The van der Waals surface area contributed by atoms with Gasteiger partial charge in [-0.3, -0.25) is 10.1 Å². The summed E-state index contributed by atoms with van der Waals surface area (Å²) in [5, 5.41) is 14.5. The van der Waals surface area contributed by atoms with Crippen LogP contribution in [-0.2, 0) is 0 Å². The van der Waals surface area contributed by atoms with Crippen molar-refractivity contribution in [3.05, 3.63) is 46.3 Å². The third kappa shape index (κ3) is 1.88. The van der Waals surface area contributed by atoms with Gasteiger partial charge in [0.2, 0.25) is 0 Å². The average molecular weight is 254 g/mol. The van der Waals surface area contributed by atoms with Crippen LogP contribution < -0.4 is 5.73 Å². The Morgan fingerprint density at radius 2 is 2.06 bits per heavy atom. The van der Waals surface area contributed by atoms with E-state index in [4.69, 9.17) is 5.73 Å². The van der Waals surface area contributed by atoms with Gasteiger partial charge < -0.3 is 5.73 Å². The van der Waals surface area contributed by atoms with Crippen molar-refractivity contribution in [3.8, 4) is 5.69 Å². The summed E-state index contributed by atoms with van der Waals surface area (Å²) < 4.78 is 26.4. The second-order valence-corrected chi connectivity index (χ2v) is 3.44. The summed E-state index contributed by atoms with van der Waals surface area (Å²) in [5.74, 6) is 0. The molecule has 94 valence electrons. The Bertz CT molecular complexity index is 597. The number of rotatable bonds is 3. The summed E-state index contributed by atoms with van der Waals surface area (Å²) in [7, 11) is 0. The van der Waals surface area contributed by atoms with Crippen LogP contribution in [0.5, 0.6) is 0 Å². The molecule has 0 aliphatic heterocycles. The second-order valence-electron chi connectivity index (χ2n) is 3.44. The molecule has 0 bridgehead atoms. The highest BCUT2D eigenvalue weighted by molar-refractivity contribution is 5.55. The van der Waals surface area contributed by atoms with E-state index in [1.807, 2.05) is 0 Å². The molecule has 0 amide bonds. The minimum Gasteiger partial charge on any atom is -0.396 e. The van der Waals surface area contributed by atoms with Gasteiger partial charge in [-0.1, -0.05) is 12.1 Å². The van der Waals surface area contributed by atoms with E-state index in [1.165, 1.54) is 24.3 Å². The molecule has 6 nitrogen and oxygen atoms in total. The summed E-state index contributed by atoms with van der Waals surface area (Å²) in [6, 6.07) is 5.48. The van der Waals surface area contributed by atoms with Crippen LogP contribution in [0.15, 0.2) is 30.5 Å². The van der Waals surface area contributed by atoms with Crippen molar-refractivity contribution in [1.29, 1.82) is 0 Å². The highest BCUT2D eigenvalue weighted by Gasteiger charge is 2.23. The van der Waals surface area contributed by atoms with E-state index in [0.29, 0.717) is 0 Å². The molecule has 0 unspecified atom stereocenters. The zero-order chi connectivity index (χ0) is 13.3. The fourth-order valence-electron chi connectivity index (χ4n) is 1.58. The third-order valence-electron chi connectivity index (χ3n) is 2.35. The fraction of sp³-hybridized carbons (Fsp3) is 0.100. The van der Waals surface area contributed by atoms with Gasteiger partial charge in [-0.15, -0.1) is 0 Å². The normalized spacial score (nSPS) is 10.8. The van der Waals surface area contributed by atoms with Gasteiger partial charge >= 0.3 is 0 Å². The Labute approximate surface area is 99.8 Å². The molecule has 0 saturated heterocycles. The van der Waals surface area contributed by atoms with Crippen molar-refractivity contribution in [3.63, 3.8) is 0 Å². The number of nitrogen functional groups attached to an aromatic ring is 1. The van der Waals surface area contributed by atoms with E-state index in [9.17, 15) is 18.9 Å². The molecule has 0 aliphatic carbocycles. The summed E-state index contributed by atoms with van der Waals surface area (Å²) in [6.45, 7) is 0. The van der Waals surface area contributed by atoms with Gasteiger partial charge in [0.05, 0.1) is 16.8 Å². The molecule has 2 rings (SSSR count). The lowest BCUT2D eigenvalue weighted by molar-refractivity contribution is -0.384.